The maximum atomic E-state index is 14.7. The van der Waals surface area contributed by atoms with E-state index < -0.39 is 40.0 Å². The molecule has 0 saturated heterocycles. The summed E-state index contributed by atoms with van der Waals surface area (Å²) in [6.07, 6.45) is 3.18. The van der Waals surface area contributed by atoms with Gasteiger partial charge in [0.05, 0.1) is 36.2 Å². The van der Waals surface area contributed by atoms with Crippen LogP contribution in [0.3, 0.4) is 0 Å². The molecule has 0 N–H and O–H groups in total. The Hall–Kier alpha value is -6.51. The largest absolute Gasteiger partial charge is 0.486 e. The minimum absolute atomic E-state index is 0. The number of halogens is 1. The number of para-hydroxylation sites is 4. The van der Waals surface area contributed by atoms with E-state index >= 15 is 0 Å². The summed E-state index contributed by atoms with van der Waals surface area (Å²) < 4.78 is 98.7. The first-order valence-electron chi connectivity index (χ1n) is 24.1. The Morgan fingerprint density at radius 2 is 1.52 bits per heavy atom. The van der Waals surface area contributed by atoms with Crippen molar-refractivity contribution in [3.05, 3.63) is 174 Å². The summed E-state index contributed by atoms with van der Waals surface area (Å²) in [5.41, 5.74) is 7.55. The molecule has 1 radical (unpaired) electrons. The molecular formula is C53H41FIrN4O2Si-2. The van der Waals surface area contributed by atoms with Crippen LogP contribution in [0.5, 0.6) is 0 Å². The molecule has 0 amide bonds. The van der Waals surface area contributed by atoms with Crippen LogP contribution in [0.25, 0.3) is 94.5 Å². The third-order valence-electron chi connectivity index (χ3n) is 10.8. The van der Waals surface area contributed by atoms with Gasteiger partial charge < -0.3 is 18.4 Å². The van der Waals surface area contributed by atoms with Crippen LogP contribution in [0, 0.1) is 38.5 Å². The number of fused-ring (bicyclic) bond motifs is 7. The van der Waals surface area contributed by atoms with E-state index in [-0.39, 0.29) is 42.5 Å². The molecule has 62 heavy (non-hydrogen) atoms. The zero-order valence-electron chi connectivity index (χ0n) is 42.6. The molecule has 0 aliphatic heterocycles. The number of imidazole rings is 1. The monoisotopic (exact) mass is 1010 g/mol. The molecular weight excluding hydrogens is 964 g/mol. The molecule has 307 valence electrons. The average Bonchev–Trinajstić information content (AvgIpc) is 4.02. The van der Waals surface area contributed by atoms with Crippen molar-refractivity contribution >= 4 is 68.3 Å². The zero-order valence-corrected chi connectivity index (χ0v) is 37.0. The first-order chi connectivity index (χ1) is 33.2. The second-order valence-corrected chi connectivity index (χ2v) is 20.8. The third-order valence-corrected chi connectivity index (χ3v) is 12.8. The number of nitrogens with zero attached hydrogens (tertiary/aromatic N) is 4. The van der Waals surface area contributed by atoms with Gasteiger partial charge in [-0.25, -0.2) is 4.98 Å². The molecule has 0 aliphatic carbocycles. The summed E-state index contributed by atoms with van der Waals surface area (Å²) >= 11 is 0. The van der Waals surface area contributed by atoms with Crippen LogP contribution < -0.4 is 5.19 Å². The number of hydrogen-bond acceptors (Lipinski definition) is 5. The van der Waals surface area contributed by atoms with Gasteiger partial charge in [0, 0.05) is 66.8 Å². The Morgan fingerprint density at radius 3 is 2.34 bits per heavy atom. The van der Waals surface area contributed by atoms with Gasteiger partial charge in [-0.1, -0.05) is 138 Å². The number of aryl methyl sites for hydroxylation is 3. The number of benzene rings is 6. The summed E-state index contributed by atoms with van der Waals surface area (Å²) in [6.45, 7) is -1.16. The summed E-state index contributed by atoms with van der Waals surface area (Å²) in [4.78, 5) is 13.9. The SMILES string of the molecule is [2H]C([2H])([2H])c1cc(-c2[c-]ccc(C([2H])([2H])[2H])c2F)ncc1[Si](C)(C)C.[2H]C([2H])([2H])c1ccc(-c2c[c-]c(-c3nc4ccccc4n3-c3cccc4c3oc3ccccc34)c3oc4ncccc4c23)cc1.[Ir]. The van der Waals surface area contributed by atoms with E-state index in [0.29, 0.717) is 27.9 Å². The van der Waals surface area contributed by atoms with Crippen LogP contribution in [0.4, 0.5) is 4.39 Å². The van der Waals surface area contributed by atoms with Crippen LogP contribution in [0.2, 0.25) is 19.6 Å². The van der Waals surface area contributed by atoms with Gasteiger partial charge in [0.15, 0.2) is 5.58 Å². The van der Waals surface area contributed by atoms with Crippen LogP contribution in [-0.4, -0.2) is 27.6 Å². The summed E-state index contributed by atoms with van der Waals surface area (Å²) in [5.74, 6) is -0.301. The summed E-state index contributed by atoms with van der Waals surface area (Å²) in [7, 11) is -1.98. The molecule has 6 aromatic carbocycles. The Bertz CT molecular complexity index is 3820. The van der Waals surface area contributed by atoms with Crippen LogP contribution in [-0.2, 0) is 20.1 Å². The van der Waals surface area contributed by atoms with Crippen molar-refractivity contribution in [1.29, 1.82) is 0 Å². The van der Waals surface area contributed by atoms with Gasteiger partial charge in [-0.05, 0) is 66.4 Å². The summed E-state index contributed by atoms with van der Waals surface area (Å²) in [6, 6.07) is 44.9. The zero-order chi connectivity index (χ0) is 49.5. The maximum Gasteiger partial charge on any atom is 0.216 e. The second-order valence-electron chi connectivity index (χ2n) is 15.8. The Labute approximate surface area is 386 Å². The standard InChI is InChI=1S/C37H22N3O2.C16H19FNSi.Ir/c1-22-15-17-23(18-16-22)24-19-20-28(35-33(24)27-10-7-21-38-37(27)42-35)36-39-29-11-3-4-12-30(29)40(36)31-13-6-9-26-25-8-2-5-14-32(25)41-34(26)31;1-11-7-6-8-13(16(11)17)14-9-12(2)15(10-18-14)19(3,4)5;/h2-19,21H,1H3;6-7,9-10H,1-5H3;/q2*-1;/i1D3;1D3,2D3;. The minimum Gasteiger partial charge on any atom is -0.486 e. The molecule has 0 saturated carbocycles. The molecule has 0 bridgehead atoms. The van der Waals surface area contributed by atoms with Crippen molar-refractivity contribution in [1.82, 2.24) is 19.5 Å². The van der Waals surface area contributed by atoms with E-state index in [2.05, 4.69) is 38.8 Å². The molecule has 6 nitrogen and oxygen atoms in total. The predicted molar refractivity (Wildman–Crippen MR) is 249 cm³/mol. The number of furan rings is 2. The quantitative estimate of drug-likeness (QED) is 0.127. The van der Waals surface area contributed by atoms with E-state index in [1.807, 2.05) is 105 Å². The van der Waals surface area contributed by atoms with Gasteiger partial charge in [0.1, 0.15) is 5.58 Å². The Balaban J connectivity index is 0.000000206. The number of hydrogen-bond donors (Lipinski definition) is 0. The van der Waals surface area contributed by atoms with Crippen molar-refractivity contribution in [3.8, 4) is 39.5 Å². The molecule has 9 heteroatoms. The van der Waals surface area contributed by atoms with Gasteiger partial charge in [0.2, 0.25) is 5.71 Å². The van der Waals surface area contributed by atoms with Crippen molar-refractivity contribution in [2.75, 3.05) is 0 Å². The number of pyridine rings is 2. The fraction of sp³-hybridized carbons (Fsp3) is 0.113. The average molecular weight is 1010 g/mol. The van der Waals surface area contributed by atoms with Crippen LogP contribution in [0.1, 0.15) is 29.0 Å². The van der Waals surface area contributed by atoms with E-state index in [1.165, 1.54) is 18.3 Å². The first-order valence-corrected chi connectivity index (χ1v) is 23.1. The van der Waals surface area contributed by atoms with Gasteiger partial charge in [0.25, 0.3) is 0 Å². The van der Waals surface area contributed by atoms with Crippen molar-refractivity contribution in [2.45, 2.75) is 40.2 Å². The first kappa shape index (κ1) is 31.4. The summed E-state index contributed by atoms with van der Waals surface area (Å²) in [5, 5.41) is 4.44. The molecule has 0 atom stereocenters. The van der Waals surface area contributed by atoms with E-state index in [9.17, 15) is 4.39 Å². The van der Waals surface area contributed by atoms with Gasteiger partial charge in [-0.3, -0.25) is 9.37 Å². The smallest absolute Gasteiger partial charge is 0.216 e. The Kier molecular flexibility index (Phi) is 8.13. The van der Waals surface area contributed by atoms with Gasteiger partial charge in [-0.15, -0.1) is 30.3 Å². The van der Waals surface area contributed by atoms with E-state index in [0.717, 1.165) is 66.6 Å². The number of rotatable bonds is 5. The molecule has 0 spiro atoms. The van der Waals surface area contributed by atoms with Crippen molar-refractivity contribution in [3.63, 3.8) is 0 Å². The molecule has 5 aromatic heterocycles. The minimum atomic E-state index is -2.61. The maximum absolute atomic E-state index is 14.7. The van der Waals surface area contributed by atoms with Gasteiger partial charge >= 0.3 is 0 Å². The number of aromatic nitrogens is 4. The van der Waals surface area contributed by atoms with Crippen molar-refractivity contribution < 1.29 is 45.7 Å². The molecule has 0 unspecified atom stereocenters. The fourth-order valence-electron chi connectivity index (χ4n) is 7.90. The second kappa shape index (κ2) is 16.1. The molecule has 0 fully saturated rings. The normalized spacial score (nSPS) is 14.4. The third kappa shape index (κ3) is 7.06. The van der Waals surface area contributed by atoms with E-state index in [1.54, 1.807) is 18.3 Å². The molecule has 5 heterocycles. The van der Waals surface area contributed by atoms with Crippen LogP contribution in [0.15, 0.2) is 149 Å². The predicted octanol–water partition coefficient (Wildman–Crippen LogP) is 13.5. The fourth-order valence-corrected chi connectivity index (χ4v) is 9.24. The topological polar surface area (TPSA) is 69.9 Å². The molecule has 0 aliphatic rings. The van der Waals surface area contributed by atoms with Crippen LogP contribution >= 0.6 is 0 Å². The van der Waals surface area contributed by atoms with Gasteiger partial charge in [-0.2, -0.15) is 0 Å². The van der Waals surface area contributed by atoms with Crippen molar-refractivity contribution in [2.24, 2.45) is 0 Å². The van der Waals surface area contributed by atoms with E-state index in [4.69, 9.17) is 26.2 Å². The molecule has 11 rings (SSSR count). The molecule has 11 aromatic rings. The Morgan fingerprint density at radius 1 is 0.726 bits per heavy atom.